The molecule has 0 atom stereocenters. The van der Waals surface area contributed by atoms with Crippen LogP contribution in [-0.2, 0) is 6.42 Å². The van der Waals surface area contributed by atoms with Crippen LogP contribution in [0.15, 0.2) is 45.3 Å². The van der Waals surface area contributed by atoms with E-state index in [1.54, 1.807) is 0 Å². The number of hydrogen-bond acceptors (Lipinski definition) is 1. The zero-order valence-corrected chi connectivity index (χ0v) is 15.3. The Morgan fingerprint density at radius 2 is 2.00 bits per heavy atom. The van der Waals surface area contributed by atoms with Crippen LogP contribution in [0.25, 0.3) is 16.7 Å². The quantitative estimate of drug-likeness (QED) is 0.494. The molecule has 5 heteroatoms. The first kappa shape index (κ1) is 15.1. The van der Waals surface area contributed by atoms with E-state index in [4.69, 9.17) is 16.6 Å². The topological polar surface area (TPSA) is 17.8 Å². The van der Waals surface area contributed by atoms with Crippen LogP contribution >= 0.6 is 43.5 Å². The van der Waals surface area contributed by atoms with Gasteiger partial charge in [0.25, 0.3) is 0 Å². The summed E-state index contributed by atoms with van der Waals surface area (Å²) in [5.41, 5.74) is 4.43. The summed E-state index contributed by atoms with van der Waals surface area (Å²) in [7, 11) is 0. The van der Waals surface area contributed by atoms with Crippen LogP contribution in [0, 0.1) is 6.92 Å². The van der Waals surface area contributed by atoms with Gasteiger partial charge >= 0.3 is 0 Å². The second kappa shape index (κ2) is 6.11. The normalized spacial score (nSPS) is 11.2. The largest absolute Gasteiger partial charge is 0.295 e. The minimum absolute atomic E-state index is 0.552. The van der Waals surface area contributed by atoms with Crippen LogP contribution in [-0.4, -0.2) is 15.4 Å². The number of hydrogen-bond donors (Lipinski definition) is 0. The highest BCUT2D eigenvalue weighted by molar-refractivity contribution is 9.11. The number of halogens is 3. The van der Waals surface area contributed by atoms with E-state index in [1.807, 2.05) is 24.3 Å². The van der Waals surface area contributed by atoms with Crippen molar-refractivity contribution in [2.24, 2.45) is 0 Å². The molecule has 1 aromatic heterocycles. The molecule has 0 spiro atoms. The SMILES string of the molecule is Cc1cccc2nc(CCCl)n(-c3ccc(Br)cc3Br)c12. The molecule has 21 heavy (non-hydrogen) atoms. The average molecular weight is 429 g/mol. The van der Waals surface area contributed by atoms with Crippen LogP contribution in [0.1, 0.15) is 11.4 Å². The van der Waals surface area contributed by atoms with E-state index in [0.717, 1.165) is 37.9 Å². The Morgan fingerprint density at radius 3 is 2.71 bits per heavy atom. The van der Waals surface area contributed by atoms with Gasteiger partial charge in [0.2, 0.25) is 0 Å². The lowest BCUT2D eigenvalue weighted by molar-refractivity contribution is 0.907. The third-order valence-electron chi connectivity index (χ3n) is 3.42. The summed E-state index contributed by atoms with van der Waals surface area (Å²) in [6.07, 6.45) is 0.734. The highest BCUT2D eigenvalue weighted by atomic mass is 79.9. The second-order valence-corrected chi connectivity index (χ2v) is 6.99. The zero-order chi connectivity index (χ0) is 15.0. The van der Waals surface area contributed by atoms with Crippen LogP contribution in [0.4, 0.5) is 0 Å². The van der Waals surface area contributed by atoms with Gasteiger partial charge in [-0.2, -0.15) is 0 Å². The van der Waals surface area contributed by atoms with Gasteiger partial charge in [-0.1, -0.05) is 28.1 Å². The summed E-state index contributed by atoms with van der Waals surface area (Å²) < 4.78 is 4.26. The Kier molecular flexibility index (Phi) is 4.38. The monoisotopic (exact) mass is 426 g/mol. The first-order chi connectivity index (χ1) is 10.1. The molecule has 0 bridgehead atoms. The number of imidazole rings is 1. The molecule has 108 valence electrons. The van der Waals surface area contributed by atoms with Gasteiger partial charge in [0, 0.05) is 21.2 Å². The van der Waals surface area contributed by atoms with Crippen molar-refractivity contribution in [2.45, 2.75) is 13.3 Å². The predicted molar refractivity (Wildman–Crippen MR) is 95.6 cm³/mol. The van der Waals surface area contributed by atoms with Crippen molar-refractivity contribution in [1.82, 2.24) is 9.55 Å². The molecule has 0 unspecified atom stereocenters. The third-order valence-corrected chi connectivity index (χ3v) is 4.73. The van der Waals surface area contributed by atoms with Crippen molar-refractivity contribution in [3.05, 3.63) is 56.7 Å². The number of aromatic nitrogens is 2. The van der Waals surface area contributed by atoms with E-state index >= 15 is 0 Å². The van der Waals surface area contributed by atoms with Crippen molar-refractivity contribution >= 4 is 54.5 Å². The molecule has 0 amide bonds. The van der Waals surface area contributed by atoms with Gasteiger partial charge in [-0.25, -0.2) is 4.98 Å². The molecule has 0 aliphatic heterocycles. The summed E-state index contributed by atoms with van der Waals surface area (Å²) in [6.45, 7) is 2.11. The zero-order valence-electron chi connectivity index (χ0n) is 11.4. The Labute approximate surface area is 145 Å². The summed E-state index contributed by atoms with van der Waals surface area (Å²) in [4.78, 5) is 4.75. The highest BCUT2D eigenvalue weighted by Gasteiger charge is 2.15. The molecular formula is C16H13Br2ClN2. The van der Waals surface area contributed by atoms with Crippen LogP contribution in [0.5, 0.6) is 0 Å². The Morgan fingerprint density at radius 1 is 1.19 bits per heavy atom. The second-order valence-electron chi connectivity index (χ2n) is 4.84. The van der Waals surface area contributed by atoms with E-state index in [9.17, 15) is 0 Å². The van der Waals surface area contributed by atoms with Gasteiger partial charge in [-0.3, -0.25) is 4.57 Å². The van der Waals surface area contributed by atoms with Gasteiger partial charge < -0.3 is 0 Å². The van der Waals surface area contributed by atoms with Gasteiger partial charge in [0.1, 0.15) is 5.82 Å². The van der Waals surface area contributed by atoms with E-state index < -0.39 is 0 Å². The lowest BCUT2D eigenvalue weighted by Gasteiger charge is -2.12. The third kappa shape index (κ3) is 2.77. The van der Waals surface area contributed by atoms with Crippen molar-refractivity contribution in [1.29, 1.82) is 0 Å². The highest BCUT2D eigenvalue weighted by Crippen LogP contribution is 2.31. The molecule has 2 nitrogen and oxygen atoms in total. The molecule has 0 N–H and O–H groups in total. The predicted octanol–water partition coefficient (Wildman–Crippen LogP) is 5.64. The average Bonchev–Trinajstić information content (AvgIpc) is 2.79. The Hall–Kier alpha value is -0.840. The molecule has 2 aromatic carbocycles. The molecule has 3 rings (SSSR count). The number of fused-ring (bicyclic) bond motifs is 1. The fourth-order valence-electron chi connectivity index (χ4n) is 2.52. The maximum atomic E-state index is 5.96. The van der Waals surface area contributed by atoms with E-state index in [2.05, 4.69) is 55.5 Å². The molecule has 0 saturated heterocycles. The maximum Gasteiger partial charge on any atom is 0.115 e. The number of nitrogens with zero attached hydrogens (tertiary/aromatic N) is 2. The van der Waals surface area contributed by atoms with Gasteiger partial charge in [0.15, 0.2) is 0 Å². The number of rotatable bonds is 3. The van der Waals surface area contributed by atoms with Crippen molar-refractivity contribution < 1.29 is 0 Å². The number of aryl methyl sites for hydroxylation is 2. The first-order valence-electron chi connectivity index (χ1n) is 6.60. The smallest absolute Gasteiger partial charge is 0.115 e. The molecule has 1 heterocycles. The van der Waals surface area contributed by atoms with Gasteiger partial charge in [-0.15, -0.1) is 11.6 Å². The summed E-state index contributed by atoms with van der Waals surface area (Å²) in [6, 6.07) is 12.4. The van der Waals surface area contributed by atoms with Crippen molar-refractivity contribution in [2.75, 3.05) is 5.88 Å². The maximum absolute atomic E-state index is 5.96. The fraction of sp³-hybridized carbons (Fsp3) is 0.188. The lowest BCUT2D eigenvalue weighted by atomic mass is 10.2. The molecule has 0 fully saturated rings. The summed E-state index contributed by atoms with van der Waals surface area (Å²) in [5, 5.41) is 0. The van der Waals surface area contributed by atoms with Gasteiger partial charge in [0.05, 0.1) is 16.7 Å². The summed E-state index contributed by atoms with van der Waals surface area (Å²) >= 11 is 13.1. The van der Waals surface area contributed by atoms with Gasteiger partial charge in [-0.05, 0) is 52.7 Å². The molecule has 0 aliphatic rings. The van der Waals surface area contributed by atoms with E-state index in [-0.39, 0.29) is 0 Å². The van der Waals surface area contributed by atoms with E-state index in [1.165, 1.54) is 5.56 Å². The van der Waals surface area contributed by atoms with Crippen LogP contribution in [0.3, 0.4) is 0 Å². The number of para-hydroxylation sites is 1. The standard InChI is InChI=1S/C16H13Br2ClN2/c1-10-3-2-4-13-16(10)21(15(20-13)7-8-19)14-6-5-11(17)9-12(14)18/h2-6,9H,7-8H2,1H3. The van der Waals surface area contributed by atoms with E-state index in [0.29, 0.717) is 5.88 Å². The lowest BCUT2D eigenvalue weighted by Crippen LogP contribution is -2.03. The minimum atomic E-state index is 0.552. The first-order valence-corrected chi connectivity index (χ1v) is 8.72. The molecular weight excluding hydrogens is 415 g/mol. The fourth-order valence-corrected chi connectivity index (χ4v) is 3.91. The molecule has 3 aromatic rings. The Bertz CT molecular complexity index is 811. The van der Waals surface area contributed by atoms with Crippen LogP contribution < -0.4 is 0 Å². The molecule has 0 radical (unpaired) electrons. The Balaban J connectivity index is 2.35. The number of alkyl halides is 1. The molecule has 0 saturated carbocycles. The minimum Gasteiger partial charge on any atom is -0.295 e. The molecule has 0 aliphatic carbocycles. The number of benzene rings is 2. The van der Waals surface area contributed by atoms with Crippen LogP contribution in [0.2, 0.25) is 0 Å². The van der Waals surface area contributed by atoms with Crippen molar-refractivity contribution in [3.8, 4) is 5.69 Å². The van der Waals surface area contributed by atoms with Crippen molar-refractivity contribution in [3.63, 3.8) is 0 Å². The summed E-state index contributed by atoms with van der Waals surface area (Å²) in [5.74, 6) is 1.54.